The van der Waals surface area contributed by atoms with E-state index in [1.807, 2.05) is 20.8 Å². The Kier molecular flexibility index (Phi) is 7.85. The first-order valence-corrected chi connectivity index (χ1v) is 9.10. The number of aliphatic imine (C=N–C) groups is 1. The number of aryl methyl sites for hydroxylation is 1. The molecular formula is C18H21NNaO5S+. The smallest absolute Gasteiger partial charge is 0.508 e. The van der Waals surface area contributed by atoms with Crippen molar-refractivity contribution < 1.29 is 52.4 Å². The summed E-state index contributed by atoms with van der Waals surface area (Å²) in [5.74, 6) is 0.425. The van der Waals surface area contributed by atoms with Gasteiger partial charge in [0.2, 0.25) is 0 Å². The van der Waals surface area contributed by atoms with Crippen LogP contribution < -0.4 is 34.3 Å². The van der Waals surface area contributed by atoms with Crippen molar-refractivity contribution in [2.75, 3.05) is 7.11 Å². The molecule has 0 bridgehead atoms. The maximum atomic E-state index is 11.5. The predicted octanol–water partition coefficient (Wildman–Crippen LogP) is 0.834. The zero-order valence-electron chi connectivity index (χ0n) is 15.5. The van der Waals surface area contributed by atoms with Crippen LogP contribution in [-0.2, 0) is 10.1 Å². The maximum absolute atomic E-state index is 11.5. The topological polar surface area (TPSA) is 96.2 Å². The van der Waals surface area contributed by atoms with Gasteiger partial charge in [-0.05, 0) is 59.9 Å². The molecular weight excluding hydrogens is 365 g/mol. The van der Waals surface area contributed by atoms with Crippen molar-refractivity contribution >= 4 is 22.0 Å². The summed E-state index contributed by atoms with van der Waals surface area (Å²) < 4.78 is 37.2. The minimum absolute atomic E-state index is 0. The fourth-order valence-corrected chi connectivity index (χ4v) is 3.11. The minimum atomic E-state index is -4.40. The second-order valence-corrected chi connectivity index (χ2v) is 7.39. The van der Waals surface area contributed by atoms with E-state index in [0.29, 0.717) is 11.3 Å². The van der Waals surface area contributed by atoms with E-state index in [2.05, 4.69) is 4.99 Å². The van der Waals surface area contributed by atoms with Crippen LogP contribution in [0.2, 0.25) is 0 Å². The molecule has 0 fully saturated rings. The maximum Gasteiger partial charge on any atom is 1.00 e. The van der Waals surface area contributed by atoms with Gasteiger partial charge < -0.3 is 9.84 Å². The van der Waals surface area contributed by atoms with E-state index in [9.17, 15) is 18.1 Å². The molecule has 8 heteroatoms. The number of nitrogens with zero attached hydrogens (tertiary/aromatic N) is 1. The number of rotatable bonds is 5. The molecule has 0 spiro atoms. The fourth-order valence-electron chi connectivity index (χ4n) is 2.42. The van der Waals surface area contributed by atoms with E-state index in [0.717, 1.165) is 11.1 Å². The van der Waals surface area contributed by atoms with Gasteiger partial charge in [0.15, 0.2) is 0 Å². The van der Waals surface area contributed by atoms with Gasteiger partial charge in [-0.2, -0.15) is 8.42 Å². The van der Waals surface area contributed by atoms with Crippen LogP contribution >= 0.6 is 0 Å². The molecule has 0 saturated heterocycles. The largest absolute Gasteiger partial charge is 1.00 e. The third kappa shape index (κ3) is 5.31. The second-order valence-electron chi connectivity index (χ2n) is 6.00. The van der Waals surface area contributed by atoms with Crippen LogP contribution in [0.3, 0.4) is 0 Å². The summed E-state index contributed by atoms with van der Waals surface area (Å²) in [4.78, 5) is 4.07. The first kappa shape index (κ1) is 22.7. The Bertz CT molecular complexity index is 923. The number of ether oxygens (including phenoxy) is 1. The molecule has 0 aliphatic heterocycles. The Morgan fingerprint density at radius 3 is 2.38 bits per heavy atom. The minimum Gasteiger partial charge on any atom is -0.508 e. The predicted molar refractivity (Wildman–Crippen MR) is 97.0 cm³/mol. The molecule has 0 amide bonds. The van der Waals surface area contributed by atoms with Gasteiger partial charge in [0.05, 0.1) is 12.8 Å². The van der Waals surface area contributed by atoms with Crippen LogP contribution in [0, 0.1) is 6.92 Å². The van der Waals surface area contributed by atoms with Crippen LogP contribution in [0.25, 0.3) is 0 Å². The van der Waals surface area contributed by atoms with Crippen molar-refractivity contribution in [1.29, 1.82) is 0 Å². The van der Waals surface area contributed by atoms with Gasteiger partial charge in [0, 0.05) is 6.21 Å². The van der Waals surface area contributed by atoms with Gasteiger partial charge in [-0.1, -0.05) is 13.8 Å². The summed E-state index contributed by atoms with van der Waals surface area (Å²) in [7, 11) is -3.08. The Balaban J connectivity index is 0.00000338. The Morgan fingerprint density at radius 2 is 1.85 bits per heavy atom. The number of hydrogen-bond acceptors (Lipinski definition) is 5. The van der Waals surface area contributed by atoms with Crippen molar-refractivity contribution in [2.45, 2.75) is 31.6 Å². The summed E-state index contributed by atoms with van der Waals surface area (Å²) in [6, 6.07) is 7.83. The zero-order valence-corrected chi connectivity index (χ0v) is 18.3. The Morgan fingerprint density at radius 1 is 1.19 bits per heavy atom. The van der Waals surface area contributed by atoms with Gasteiger partial charge in [-0.15, -0.1) is 0 Å². The molecule has 0 aromatic heterocycles. The molecule has 0 saturated carbocycles. The third-order valence-corrected chi connectivity index (χ3v) is 4.66. The van der Waals surface area contributed by atoms with Gasteiger partial charge in [0.25, 0.3) is 10.1 Å². The molecule has 0 unspecified atom stereocenters. The zero-order chi connectivity index (χ0) is 18.8. The summed E-state index contributed by atoms with van der Waals surface area (Å²) >= 11 is 0. The van der Waals surface area contributed by atoms with Crippen molar-refractivity contribution in [2.24, 2.45) is 4.99 Å². The molecule has 0 aliphatic rings. The molecule has 2 aromatic rings. The van der Waals surface area contributed by atoms with E-state index in [4.69, 9.17) is 4.74 Å². The molecule has 0 aliphatic carbocycles. The SMILES string of the molecule is COc1ccc(C=Nc2cc(C(C)C)c(O)cc2C)cc1S(=O)(=O)O.[Na+]. The fraction of sp³-hybridized carbons (Fsp3) is 0.278. The van der Waals surface area contributed by atoms with Crippen molar-refractivity contribution in [3.8, 4) is 11.5 Å². The Labute approximate surface area is 176 Å². The van der Waals surface area contributed by atoms with E-state index >= 15 is 0 Å². The second kappa shape index (κ2) is 9.01. The standard InChI is InChI=1S/C18H21NO5S.Na/c1-11(2)14-9-15(12(3)7-16(14)20)19-10-13-5-6-17(24-4)18(8-13)25(21,22)23;/h5-11,20H,1-4H3,(H,21,22,23);/q;+1. The Hall–Kier alpha value is -1.38. The van der Waals surface area contributed by atoms with E-state index < -0.39 is 10.1 Å². The van der Waals surface area contributed by atoms with Crippen molar-refractivity contribution in [3.05, 3.63) is 47.0 Å². The van der Waals surface area contributed by atoms with E-state index in [-0.39, 0.29) is 51.9 Å². The average Bonchev–Trinajstić information content (AvgIpc) is 2.52. The molecule has 0 heterocycles. The first-order valence-electron chi connectivity index (χ1n) is 7.66. The summed E-state index contributed by atoms with van der Waals surface area (Å²) in [6.07, 6.45) is 1.50. The normalized spacial score (nSPS) is 11.6. The van der Waals surface area contributed by atoms with E-state index in [1.165, 1.54) is 25.5 Å². The first-order chi connectivity index (χ1) is 11.6. The van der Waals surface area contributed by atoms with Gasteiger partial charge in [-0.25, -0.2) is 0 Å². The molecule has 2 aromatic carbocycles. The monoisotopic (exact) mass is 386 g/mol. The molecule has 0 atom stereocenters. The summed E-state index contributed by atoms with van der Waals surface area (Å²) in [5.41, 5.74) is 2.74. The van der Waals surface area contributed by atoms with Crippen LogP contribution in [0.15, 0.2) is 40.2 Å². The summed E-state index contributed by atoms with van der Waals surface area (Å²) in [5, 5.41) is 9.99. The molecule has 26 heavy (non-hydrogen) atoms. The van der Waals surface area contributed by atoms with Gasteiger partial charge >= 0.3 is 29.6 Å². The van der Waals surface area contributed by atoms with Crippen LogP contribution in [0.1, 0.15) is 36.5 Å². The molecule has 134 valence electrons. The van der Waals surface area contributed by atoms with Gasteiger partial charge in [0.1, 0.15) is 16.4 Å². The van der Waals surface area contributed by atoms with Gasteiger partial charge in [-0.3, -0.25) is 9.55 Å². The van der Waals surface area contributed by atoms with Crippen molar-refractivity contribution in [1.82, 2.24) is 0 Å². The number of phenols is 1. The molecule has 6 nitrogen and oxygen atoms in total. The van der Waals surface area contributed by atoms with Crippen LogP contribution in [-0.4, -0.2) is 31.4 Å². The molecule has 2 N–H and O–H groups in total. The van der Waals surface area contributed by atoms with Crippen molar-refractivity contribution in [3.63, 3.8) is 0 Å². The van der Waals surface area contributed by atoms with Crippen LogP contribution in [0.4, 0.5) is 5.69 Å². The third-order valence-electron chi connectivity index (χ3n) is 3.79. The number of hydrogen-bond donors (Lipinski definition) is 2. The number of benzene rings is 2. The number of phenolic OH excluding ortho intramolecular Hbond substituents is 1. The summed E-state index contributed by atoms with van der Waals surface area (Å²) in [6.45, 7) is 5.77. The quantitative estimate of drug-likeness (QED) is 0.451. The average molecular weight is 386 g/mol. The number of methoxy groups -OCH3 is 1. The number of aromatic hydroxyl groups is 1. The van der Waals surface area contributed by atoms with Crippen LogP contribution in [0.5, 0.6) is 11.5 Å². The van der Waals surface area contributed by atoms with E-state index in [1.54, 1.807) is 18.2 Å². The molecule has 2 rings (SSSR count). The molecule has 0 radical (unpaired) electrons.